The first-order chi connectivity index (χ1) is 6.47. The Kier molecular flexibility index (Phi) is 5.60. The third-order valence-electron chi connectivity index (χ3n) is 1.89. The lowest BCUT2D eigenvalue weighted by molar-refractivity contribution is -0.130. The van der Waals surface area contributed by atoms with Gasteiger partial charge in [0.2, 0.25) is 0 Å². The summed E-state index contributed by atoms with van der Waals surface area (Å²) in [6, 6.07) is 0. The fourth-order valence-corrected chi connectivity index (χ4v) is 1.16. The number of hydrogen-bond acceptors (Lipinski definition) is 4. The molecular formula is C10H14O4. The van der Waals surface area contributed by atoms with Crippen molar-refractivity contribution in [3.8, 4) is 0 Å². The molecule has 1 atom stereocenters. The van der Waals surface area contributed by atoms with Crippen molar-refractivity contribution < 1.29 is 19.2 Å². The minimum atomic E-state index is -0.556. The molecule has 0 aliphatic heterocycles. The molecule has 0 aromatic heterocycles. The maximum atomic E-state index is 11.0. The van der Waals surface area contributed by atoms with Crippen molar-refractivity contribution in [1.82, 2.24) is 0 Å². The molecule has 78 valence electrons. The number of carbonyl (C=O) groups is 4. The molecule has 0 spiro atoms. The Morgan fingerprint density at radius 2 is 1.71 bits per heavy atom. The van der Waals surface area contributed by atoms with Gasteiger partial charge in [-0.2, -0.15) is 0 Å². The Morgan fingerprint density at radius 3 is 2.07 bits per heavy atom. The van der Waals surface area contributed by atoms with Crippen LogP contribution in [0.1, 0.15) is 33.1 Å². The van der Waals surface area contributed by atoms with E-state index < -0.39 is 5.92 Å². The zero-order valence-electron chi connectivity index (χ0n) is 8.41. The van der Waals surface area contributed by atoms with Crippen molar-refractivity contribution in [2.75, 3.05) is 0 Å². The molecule has 1 unspecified atom stereocenters. The fourth-order valence-electron chi connectivity index (χ4n) is 1.16. The van der Waals surface area contributed by atoms with E-state index in [0.717, 1.165) is 0 Å². The second kappa shape index (κ2) is 6.18. The Hall–Kier alpha value is -1.32. The van der Waals surface area contributed by atoms with Gasteiger partial charge in [-0.25, -0.2) is 0 Å². The zero-order chi connectivity index (χ0) is 11.1. The maximum Gasteiger partial charge on any atom is 0.140 e. The first kappa shape index (κ1) is 12.7. The van der Waals surface area contributed by atoms with Crippen molar-refractivity contribution in [3.05, 3.63) is 0 Å². The van der Waals surface area contributed by atoms with E-state index in [2.05, 4.69) is 0 Å². The summed E-state index contributed by atoms with van der Waals surface area (Å²) in [5, 5.41) is 0. The van der Waals surface area contributed by atoms with Crippen LogP contribution in [0.4, 0.5) is 0 Å². The molecule has 0 heterocycles. The number of Topliss-reactive ketones (excluding diaryl/α,β-unsaturated/α-hetero) is 3. The summed E-state index contributed by atoms with van der Waals surface area (Å²) in [7, 11) is 0. The summed E-state index contributed by atoms with van der Waals surface area (Å²) in [5.41, 5.74) is 0. The summed E-state index contributed by atoms with van der Waals surface area (Å²) in [6.45, 7) is 2.72. The normalized spacial score (nSPS) is 11.9. The third kappa shape index (κ3) is 5.35. The van der Waals surface area contributed by atoms with Crippen LogP contribution in [0, 0.1) is 5.92 Å². The molecule has 0 amide bonds. The van der Waals surface area contributed by atoms with Crippen LogP contribution in [0.5, 0.6) is 0 Å². The number of ketones is 3. The average Bonchev–Trinajstić information content (AvgIpc) is 2.02. The standard InChI is InChI=1S/C10H14O4/c1-7(12)5-9(8(2)13)6-10(14)3-4-11/h4,9H,3,5-6H2,1-2H3. The van der Waals surface area contributed by atoms with E-state index in [-0.39, 0.29) is 36.6 Å². The molecule has 0 fully saturated rings. The van der Waals surface area contributed by atoms with Gasteiger partial charge in [0.15, 0.2) is 0 Å². The van der Waals surface area contributed by atoms with Crippen LogP contribution in [0.25, 0.3) is 0 Å². The molecular weight excluding hydrogens is 184 g/mol. The van der Waals surface area contributed by atoms with E-state index in [9.17, 15) is 19.2 Å². The van der Waals surface area contributed by atoms with Crippen LogP contribution < -0.4 is 0 Å². The van der Waals surface area contributed by atoms with E-state index in [1.54, 1.807) is 0 Å². The zero-order valence-corrected chi connectivity index (χ0v) is 8.41. The smallest absolute Gasteiger partial charge is 0.140 e. The lowest BCUT2D eigenvalue weighted by atomic mass is 9.92. The quantitative estimate of drug-likeness (QED) is 0.446. The Labute approximate surface area is 82.7 Å². The van der Waals surface area contributed by atoms with Gasteiger partial charge in [-0.1, -0.05) is 0 Å². The van der Waals surface area contributed by atoms with Crippen LogP contribution in [0.15, 0.2) is 0 Å². The highest BCUT2D eigenvalue weighted by atomic mass is 16.1. The van der Waals surface area contributed by atoms with E-state index in [1.807, 2.05) is 0 Å². The second-order valence-electron chi connectivity index (χ2n) is 3.33. The second-order valence-corrected chi connectivity index (χ2v) is 3.33. The minimum Gasteiger partial charge on any atom is -0.303 e. The molecule has 4 nitrogen and oxygen atoms in total. The van der Waals surface area contributed by atoms with Crippen molar-refractivity contribution in [2.45, 2.75) is 33.1 Å². The van der Waals surface area contributed by atoms with Crippen LogP contribution in [0.2, 0.25) is 0 Å². The lowest BCUT2D eigenvalue weighted by Crippen LogP contribution is -2.18. The molecule has 0 rings (SSSR count). The van der Waals surface area contributed by atoms with Crippen LogP contribution in [0.3, 0.4) is 0 Å². The monoisotopic (exact) mass is 198 g/mol. The van der Waals surface area contributed by atoms with Gasteiger partial charge in [0.05, 0.1) is 6.42 Å². The number of hydrogen-bond donors (Lipinski definition) is 0. The highest BCUT2D eigenvalue weighted by molar-refractivity contribution is 5.94. The highest BCUT2D eigenvalue weighted by Crippen LogP contribution is 2.12. The Bertz CT molecular complexity index is 255. The van der Waals surface area contributed by atoms with Gasteiger partial charge in [0, 0.05) is 18.8 Å². The van der Waals surface area contributed by atoms with Crippen molar-refractivity contribution >= 4 is 23.6 Å². The largest absolute Gasteiger partial charge is 0.303 e. The summed E-state index contributed by atoms with van der Waals surface area (Å²) in [4.78, 5) is 42.9. The van der Waals surface area contributed by atoms with Gasteiger partial charge >= 0.3 is 0 Å². The van der Waals surface area contributed by atoms with Gasteiger partial charge in [-0.3, -0.25) is 9.59 Å². The van der Waals surface area contributed by atoms with Crippen molar-refractivity contribution in [1.29, 1.82) is 0 Å². The Balaban J connectivity index is 4.22. The van der Waals surface area contributed by atoms with E-state index in [4.69, 9.17) is 0 Å². The molecule has 0 saturated heterocycles. The van der Waals surface area contributed by atoms with Gasteiger partial charge < -0.3 is 9.59 Å². The third-order valence-corrected chi connectivity index (χ3v) is 1.89. The topological polar surface area (TPSA) is 68.3 Å². The van der Waals surface area contributed by atoms with E-state index >= 15 is 0 Å². The molecule has 0 aliphatic carbocycles. The predicted octanol–water partition coefficient (Wildman–Crippen LogP) is 0.719. The average molecular weight is 198 g/mol. The highest BCUT2D eigenvalue weighted by Gasteiger charge is 2.19. The number of rotatable bonds is 7. The summed E-state index contributed by atoms with van der Waals surface area (Å²) >= 11 is 0. The van der Waals surface area contributed by atoms with Crippen molar-refractivity contribution in [2.24, 2.45) is 5.92 Å². The SMILES string of the molecule is CC(=O)CC(CC(=O)CC=O)C(C)=O. The maximum absolute atomic E-state index is 11.0. The van der Waals surface area contributed by atoms with Gasteiger partial charge in [0.1, 0.15) is 23.6 Å². The van der Waals surface area contributed by atoms with Crippen LogP contribution in [-0.4, -0.2) is 23.6 Å². The number of aldehydes is 1. The van der Waals surface area contributed by atoms with E-state index in [0.29, 0.717) is 6.29 Å². The van der Waals surface area contributed by atoms with Crippen LogP contribution >= 0.6 is 0 Å². The van der Waals surface area contributed by atoms with Gasteiger partial charge in [-0.05, 0) is 13.8 Å². The van der Waals surface area contributed by atoms with E-state index in [1.165, 1.54) is 13.8 Å². The molecule has 0 N–H and O–H groups in total. The summed E-state index contributed by atoms with van der Waals surface area (Å²) in [5.74, 6) is -1.15. The molecule has 4 heteroatoms. The molecule has 0 bridgehead atoms. The predicted molar refractivity (Wildman–Crippen MR) is 49.8 cm³/mol. The lowest BCUT2D eigenvalue weighted by Gasteiger charge is -2.09. The summed E-state index contributed by atoms with van der Waals surface area (Å²) in [6.07, 6.45) is 0.405. The number of carbonyl (C=O) groups excluding carboxylic acids is 4. The molecule has 14 heavy (non-hydrogen) atoms. The van der Waals surface area contributed by atoms with Gasteiger partial charge in [-0.15, -0.1) is 0 Å². The Morgan fingerprint density at radius 1 is 1.14 bits per heavy atom. The van der Waals surface area contributed by atoms with Crippen LogP contribution in [-0.2, 0) is 19.2 Å². The fraction of sp³-hybridized carbons (Fsp3) is 0.600. The molecule has 0 aromatic carbocycles. The molecule has 0 aromatic rings. The molecule has 0 saturated carbocycles. The first-order valence-electron chi connectivity index (χ1n) is 4.42. The first-order valence-corrected chi connectivity index (χ1v) is 4.42. The molecule has 0 aliphatic rings. The van der Waals surface area contributed by atoms with Crippen molar-refractivity contribution in [3.63, 3.8) is 0 Å². The summed E-state index contributed by atoms with van der Waals surface area (Å²) < 4.78 is 0. The molecule has 0 radical (unpaired) electrons. The van der Waals surface area contributed by atoms with Gasteiger partial charge in [0.25, 0.3) is 0 Å². The minimum absolute atomic E-state index is 0.00630.